The van der Waals surface area contributed by atoms with Crippen LogP contribution >= 0.6 is 0 Å². The predicted molar refractivity (Wildman–Crippen MR) is 149 cm³/mol. The zero-order valence-electron chi connectivity index (χ0n) is 21.2. The van der Waals surface area contributed by atoms with Gasteiger partial charge in [0, 0.05) is 53.1 Å². The average Bonchev–Trinajstić information content (AvgIpc) is 3.00. The van der Waals surface area contributed by atoms with Gasteiger partial charge in [0.2, 0.25) is 0 Å². The number of carbonyl (C=O) groups excluding carboxylic acids is 1. The molecular weight excluding hydrogens is 528 g/mol. The van der Waals surface area contributed by atoms with Gasteiger partial charge in [-0.3, -0.25) is 19.6 Å². The zero-order valence-corrected chi connectivity index (χ0v) is 21.2. The van der Waals surface area contributed by atoms with E-state index < -0.39 is 23.1 Å². The van der Waals surface area contributed by atoms with E-state index in [-0.39, 0.29) is 28.2 Å². The van der Waals surface area contributed by atoms with Crippen molar-refractivity contribution in [2.24, 2.45) is 0 Å². The summed E-state index contributed by atoms with van der Waals surface area (Å²) in [6.07, 6.45) is 6.42. The topological polar surface area (TPSA) is 99.0 Å². The minimum Gasteiger partial charge on any atom is -0.454 e. The first-order valence-electron chi connectivity index (χ1n) is 12.4. The molecule has 0 aliphatic carbocycles. The fourth-order valence-corrected chi connectivity index (χ4v) is 4.29. The van der Waals surface area contributed by atoms with E-state index in [1.54, 1.807) is 55.0 Å². The molecule has 200 valence electrons. The van der Waals surface area contributed by atoms with Gasteiger partial charge in [0.25, 0.3) is 11.5 Å². The van der Waals surface area contributed by atoms with E-state index in [1.165, 1.54) is 42.6 Å². The van der Waals surface area contributed by atoms with Crippen LogP contribution in [0.4, 0.5) is 14.5 Å². The molecule has 0 unspecified atom stereocenters. The van der Waals surface area contributed by atoms with Crippen molar-refractivity contribution >= 4 is 22.4 Å². The van der Waals surface area contributed by atoms with E-state index in [0.29, 0.717) is 16.7 Å². The Morgan fingerprint density at radius 2 is 1.59 bits per heavy atom. The van der Waals surface area contributed by atoms with Crippen LogP contribution in [0.1, 0.15) is 10.5 Å². The second-order valence-electron chi connectivity index (χ2n) is 8.90. The molecule has 0 atom stereocenters. The number of fused-ring (bicyclic) bond motifs is 1. The third kappa shape index (κ3) is 5.13. The molecule has 0 aliphatic heterocycles. The first-order chi connectivity index (χ1) is 20.0. The Kier molecular flexibility index (Phi) is 6.70. The zero-order chi connectivity index (χ0) is 28.3. The number of nitrogens with zero attached hydrogens (tertiary/aromatic N) is 4. The molecule has 3 heterocycles. The number of hydrogen-bond acceptors (Lipinski definition) is 6. The molecule has 0 fully saturated rings. The van der Waals surface area contributed by atoms with Gasteiger partial charge < -0.3 is 10.1 Å². The van der Waals surface area contributed by atoms with Gasteiger partial charge in [-0.25, -0.2) is 8.78 Å². The number of nitrogens with one attached hydrogen (secondary N) is 1. The van der Waals surface area contributed by atoms with Gasteiger partial charge in [0.15, 0.2) is 17.3 Å². The minimum absolute atomic E-state index is 0.0622. The van der Waals surface area contributed by atoms with Crippen molar-refractivity contribution in [2.45, 2.75) is 0 Å². The van der Waals surface area contributed by atoms with Crippen molar-refractivity contribution < 1.29 is 18.3 Å². The Bertz CT molecular complexity index is 1960. The Labute approximate surface area is 231 Å². The molecule has 10 heteroatoms. The molecule has 3 aromatic carbocycles. The highest BCUT2D eigenvalue weighted by molar-refractivity contribution is 6.11. The lowest BCUT2D eigenvalue weighted by Crippen LogP contribution is -2.26. The monoisotopic (exact) mass is 547 g/mol. The highest BCUT2D eigenvalue weighted by Crippen LogP contribution is 2.34. The van der Waals surface area contributed by atoms with Gasteiger partial charge in [-0.2, -0.15) is 9.78 Å². The van der Waals surface area contributed by atoms with E-state index in [2.05, 4.69) is 20.4 Å². The van der Waals surface area contributed by atoms with Crippen LogP contribution in [0, 0.1) is 11.6 Å². The molecule has 0 radical (unpaired) electrons. The third-order valence-corrected chi connectivity index (χ3v) is 6.25. The number of ether oxygens (including phenoxy) is 1. The van der Waals surface area contributed by atoms with Crippen molar-refractivity contribution in [3.8, 4) is 28.3 Å². The number of carbonyl (C=O) groups is 1. The number of halogens is 2. The Morgan fingerprint density at radius 3 is 2.34 bits per heavy atom. The molecule has 0 aliphatic rings. The SMILES string of the molecule is O=C(Nc1ccc(Oc2ccncc2-c2cccnc2)c(F)c1)c1nn(-c2ccc(F)cc2)c(=O)c2ccccc12. The van der Waals surface area contributed by atoms with Crippen molar-refractivity contribution in [3.05, 3.63) is 137 Å². The molecule has 0 bridgehead atoms. The standard InChI is InChI=1S/C31H19F2N5O3/c32-20-7-10-22(11-8-20)38-31(40)24-6-2-1-5-23(24)29(37-38)30(39)36-21-9-12-28(26(33)16-21)41-27-13-15-35-18-25(27)19-4-3-14-34-17-19/h1-18H,(H,36,39). The lowest BCUT2D eigenvalue weighted by atomic mass is 10.1. The average molecular weight is 548 g/mol. The van der Waals surface area contributed by atoms with E-state index in [1.807, 2.05) is 6.07 Å². The lowest BCUT2D eigenvalue weighted by Gasteiger charge is -2.13. The normalized spacial score (nSPS) is 10.9. The summed E-state index contributed by atoms with van der Waals surface area (Å²) in [5, 5.41) is 7.47. The van der Waals surface area contributed by atoms with Gasteiger partial charge in [-0.05, 0) is 54.6 Å². The number of pyridine rings is 2. The summed E-state index contributed by atoms with van der Waals surface area (Å²) in [5.41, 5.74) is 1.27. The summed E-state index contributed by atoms with van der Waals surface area (Å²) in [7, 11) is 0. The van der Waals surface area contributed by atoms with Crippen molar-refractivity contribution in [2.75, 3.05) is 5.32 Å². The van der Waals surface area contributed by atoms with Gasteiger partial charge >= 0.3 is 0 Å². The molecule has 6 rings (SSSR count). The first kappa shape index (κ1) is 25.5. The number of benzene rings is 3. The van der Waals surface area contributed by atoms with Crippen LogP contribution in [-0.4, -0.2) is 25.7 Å². The maximum absolute atomic E-state index is 15.2. The molecule has 0 saturated carbocycles. The fourth-order valence-electron chi connectivity index (χ4n) is 4.29. The summed E-state index contributed by atoms with van der Waals surface area (Å²) in [6.45, 7) is 0. The number of amides is 1. The van der Waals surface area contributed by atoms with Crippen LogP contribution in [0.15, 0.2) is 115 Å². The summed E-state index contributed by atoms with van der Waals surface area (Å²) in [5.74, 6) is -1.55. The van der Waals surface area contributed by atoms with Gasteiger partial charge in [-0.1, -0.05) is 24.3 Å². The van der Waals surface area contributed by atoms with Crippen molar-refractivity contribution in [1.82, 2.24) is 19.7 Å². The van der Waals surface area contributed by atoms with Crippen LogP contribution in [0.3, 0.4) is 0 Å². The molecule has 0 spiro atoms. The maximum atomic E-state index is 15.2. The number of rotatable bonds is 6. The molecular formula is C31H19F2N5O3. The molecule has 1 amide bonds. The Balaban J connectivity index is 1.30. The van der Waals surface area contributed by atoms with Crippen LogP contribution in [0.2, 0.25) is 0 Å². The summed E-state index contributed by atoms with van der Waals surface area (Å²) >= 11 is 0. The predicted octanol–water partition coefficient (Wildman–Crippen LogP) is 6.17. The Hall–Kier alpha value is -5.77. The van der Waals surface area contributed by atoms with Crippen LogP contribution < -0.4 is 15.6 Å². The second kappa shape index (κ2) is 10.8. The maximum Gasteiger partial charge on any atom is 0.279 e. The number of hydrogen-bond donors (Lipinski definition) is 1. The summed E-state index contributed by atoms with van der Waals surface area (Å²) in [4.78, 5) is 34.7. The molecule has 3 aromatic heterocycles. The van der Waals surface area contributed by atoms with E-state index in [4.69, 9.17) is 4.74 Å². The summed E-state index contributed by atoms with van der Waals surface area (Å²) in [6, 6.07) is 20.9. The molecule has 41 heavy (non-hydrogen) atoms. The van der Waals surface area contributed by atoms with Crippen LogP contribution in [0.25, 0.3) is 27.6 Å². The largest absolute Gasteiger partial charge is 0.454 e. The van der Waals surface area contributed by atoms with Gasteiger partial charge in [0.05, 0.1) is 11.1 Å². The van der Waals surface area contributed by atoms with E-state index in [9.17, 15) is 14.0 Å². The third-order valence-electron chi connectivity index (χ3n) is 6.25. The smallest absolute Gasteiger partial charge is 0.279 e. The highest BCUT2D eigenvalue weighted by Gasteiger charge is 2.19. The van der Waals surface area contributed by atoms with Gasteiger partial charge in [0.1, 0.15) is 11.6 Å². The van der Waals surface area contributed by atoms with Crippen LogP contribution in [0.5, 0.6) is 11.5 Å². The molecule has 8 nitrogen and oxygen atoms in total. The molecule has 6 aromatic rings. The fraction of sp³-hybridized carbons (Fsp3) is 0. The number of aromatic nitrogens is 4. The molecule has 0 saturated heterocycles. The summed E-state index contributed by atoms with van der Waals surface area (Å²) < 4.78 is 35.5. The second-order valence-corrected chi connectivity index (χ2v) is 8.90. The first-order valence-corrected chi connectivity index (χ1v) is 12.4. The Morgan fingerprint density at radius 1 is 0.805 bits per heavy atom. The van der Waals surface area contributed by atoms with Crippen molar-refractivity contribution in [3.63, 3.8) is 0 Å². The van der Waals surface area contributed by atoms with Crippen molar-refractivity contribution in [1.29, 1.82) is 0 Å². The van der Waals surface area contributed by atoms with E-state index in [0.717, 1.165) is 16.3 Å². The van der Waals surface area contributed by atoms with Gasteiger partial charge in [-0.15, -0.1) is 0 Å². The van der Waals surface area contributed by atoms with E-state index >= 15 is 4.39 Å². The lowest BCUT2D eigenvalue weighted by molar-refractivity contribution is 0.102. The molecule has 1 N–H and O–H groups in total. The number of anilines is 1. The van der Waals surface area contributed by atoms with Crippen LogP contribution in [-0.2, 0) is 0 Å². The highest BCUT2D eigenvalue weighted by atomic mass is 19.1. The minimum atomic E-state index is -0.717. The quantitative estimate of drug-likeness (QED) is 0.268.